The summed E-state index contributed by atoms with van der Waals surface area (Å²) in [5.41, 5.74) is 9.71. The van der Waals surface area contributed by atoms with Crippen molar-refractivity contribution < 1.29 is 18.6 Å². The molecular formula is C48H40FN5O3. The van der Waals surface area contributed by atoms with Crippen LogP contribution in [0.5, 0.6) is 0 Å². The van der Waals surface area contributed by atoms with Crippen molar-refractivity contribution in [1.29, 1.82) is 0 Å². The lowest BCUT2D eigenvalue weighted by Gasteiger charge is -2.40. The molecule has 8 nitrogen and oxygen atoms in total. The number of anilines is 1. The fourth-order valence-corrected chi connectivity index (χ4v) is 8.12. The molecule has 282 valence electrons. The molecule has 1 saturated heterocycles. The molecule has 0 amide bonds. The van der Waals surface area contributed by atoms with Gasteiger partial charge in [0, 0.05) is 0 Å². The van der Waals surface area contributed by atoms with Crippen LogP contribution in [-0.4, -0.2) is 44.5 Å². The first-order valence-electron chi connectivity index (χ1n) is 19.0. The van der Waals surface area contributed by atoms with Crippen LogP contribution in [0, 0.1) is 0 Å². The molecule has 3 heterocycles. The van der Waals surface area contributed by atoms with Crippen LogP contribution in [0.1, 0.15) is 39.6 Å². The number of aromatic nitrogens is 4. The fourth-order valence-electron chi connectivity index (χ4n) is 8.12. The molecule has 2 aromatic heterocycles. The lowest BCUT2D eigenvalue weighted by Crippen LogP contribution is -2.45. The average Bonchev–Trinajstić information content (AvgIpc) is 3.83. The van der Waals surface area contributed by atoms with E-state index in [1.165, 1.54) is 12.5 Å². The van der Waals surface area contributed by atoms with E-state index < -0.39 is 35.8 Å². The van der Waals surface area contributed by atoms with E-state index in [1.54, 1.807) is 4.57 Å². The van der Waals surface area contributed by atoms with Crippen LogP contribution in [0.15, 0.2) is 195 Å². The molecular weight excluding hydrogens is 714 g/mol. The fraction of sp³-hybridized carbons (Fsp3) is 0.146. The minimum atomic E-state index is -1.72. The average molecular weight is 754 g/mol. The first kappa shape index (κ1) is 36.1. The van der Waals surface area contributed by atoms with E-state index in [0.29, 0.717) is 11.2 Å². The number of nitrogens with zero attached hydrogens (tertiary/aromatic N) is 4. The number of fused-ring (bicyclic) bond motifs is 1. The van der Waals surface area contributed by atoms with Crippen molar-refractivity contribution in [2.24, 2.45) is 0 Å². The Morgan fingerprint density at radius 3 is 1.40 bits per heavy atom. The smallest absolute Gasteiger partial charge is 0.222 e. The van der Waals surface area contributed by atoms with Crippen molar-refractivity contribution in [3.05, 3.63) is 228 Å². The maximum Gasteiger partial charge on any atom is 0.222 e. The predicted molar refractivity (Wildman–Crippen MR) is 218 cm³/mol. The Balaban J connectivity index is 1.21. The Morgan fingerprint density at radius 1 is 0.579 bits per heavy atom. The molecule has 0 saturated carbocycles. The standard InChI is InChI=1S/C48H40FN5O3/c49-42-43(57-48(37-25-13-4-14-26-37,38-27-15-5-16-28-38)39-29-17-6-18-30-39)41(56-45(42)54-33-52-40-31-51-46(50)53-44(40)54)32-55-47(34-19-7-1-8-20-34,35-21-9-2-10-22-35)36-23-11-3-12-24-36/h1-31,33,41-43,45H,32H2,(H2,50,51,53)/t41-,42-,43-,45-/m1/s1. The Hall–Kier alpha value is -6.52. The van der Waals surface area contributed by atoms with Crippen LogP contribution in [-0.2, 0) is 25.4 Å². The number of ether oxygens (including phenoxy) is 3. The second kappa shape index (κ2) is 15.5. The van der Waals surface area contributed by atoms with E-state index in [1.807, 2.05) is 146 Å². The van der Waals surface area contributed by atoms with Gasteiger partial charge in [-0.1, -0.05) is 182 Å². The van der Waals surface area contributed by atoms with Gasteiger partial charge in [-0.2, -0.15) is 4.98 Å². The van der Waals surface area contributed by atoms with Gasteiger partial charge in [0.1, 0.15) is 28.9 Å². The largest absolute Gasteiger partial charge is 0.368 e. The van der Waals surface area contributed by atoms with Crippen molar-refractivity contribution in [3.8, 4) is 0 Å². The van der Waals surface area contributed by atoms with Crippen LogP contribution < -0.4 is 5.73 Å². The second-order valence-electron chi connectivity index (χ2n) is 14.1. The van der Waals surface area contributed by atoms with E-state index in [0.717, 1.165) is 33.4 Å². The van der Waals surface area contributed by atoms with E-state index in [-0.39, 0.29) is 12.6 Å². The van der Waals surface area contributed by atoms with Gasteiger partial charge in [0.15, 0.2) is 18.0 Å². The van der Waals surface area contributed by atoms with Crippen LogP contribution in [0.4, 0.5) is 10.3 Å². The van der Waals surface area contributed by atoms with Crippen LogP contribution in [0.2, 0.25) is 0 Å². The molecule has 2 N–H and O–H groups in total. The molecule has 6 aromatic carbocycles. The quantitative estimate of drug-likeness (QED) is 0.124. The third kappa shape index (κ3) is 6.55. The number of imidazole rings is 1. The van der Waals surface area contributed by atoms with Gasteiger partial charge in [-0.25, -0.2) is 14.4 Å². The molecule has 0 spiro atoms. The van der Waals surface area contributed by atoms with Crippen molar-refractivity contribution in [1.82, 2.24) is 19.5 Å². The number of rotatable bonds is 12. The minimum absolute atomic E-state index is 0.0416. The van der Waals surface area contributed by atoms with Crippen molar-refractivity contribution >= 4 is 17.1 Å². The Kier molecular flexibility index (Phi) is 9.86. The predicted octanol–water partition coefficient (Wildman–Crippen LogP) is 9.03. The zero-order valence-corrected chi connectivity index (χ0v) is 31.0. The minimum Gasteiger partial charge on any atom is -0.368 e. The number of hydrogen-bond acceptors (Lipinski definition) is 7. The number of hydrogen-bond donors (Lipinski definition) is 1. The summed E-state index contributed by atoms with van der Waals surface area (Å²) in [7, 11) is 0. The van der Waals surface area contributed by atoms with Crippen LogP contribution in [0.3, 0.4) is 0 Å². The van der Waals surface area contributed by atoms with Gasteiger partial charge in [-0.15, -0.1) is 0 Å². The summed E-state index contributed by atoms with van der Waals surface area (Å²) >= 11 is 0. The van der Waals surface area contributed by atoms with Gasteiger partial charge in [0.2, 0.25) is 5.95 Å². The molecule has 0 radical (unpaired) electrons. The molecule has 9 heteroatoms. The van der Waals surface area contributed by atoms with Gasteiger partial charge in [-0.05, 0) is 33.4 Å². The third-order valence-corrected chi connectivity index (χ3v) is 10.7. The molecule has 1 aliphatic rings. The van der Waals surface area contributed by atoms with Crippen LogP contribution >= 0.6 is 0 Å². The van der Waals surface area contributed by atoms with Crippen molar-refractivity contribution in [2.75, 3.05) is 12.3 Å². The number of nitrogens with two attached hydrogens (primary N) is 1. The molecule has 4 atom stereocenters. The number of benzene rings is 6. The van der Waals surface area contributed by atoms with Gasteiger partial charge in [0.25, 0.3) is 0 Å². The van der Waals surface area contributed by atoms with E-state index >= 15 is 4.39 Å². The summed E-state index contributed by atoms with van der Waals surface area (Å²) in [4.78, 5) is 13.0. The Bertz CT molecular complexity index is 2330. The molecule has 0 aliphatic carbocycles. The topological polar surface area (TPSA) is 97.3 Å². The van der Waals surface area contributed by atoms with Gasteiger partial charge in [-0.3, -0.25) is 4.57 Å². The third-order valence-electron chi connectivity index (χ3n) is 10.7. The van der Waals surface area contributed by atoms with E-state index in [4.69, 9.17) is 19.9 Å². The Morgan fingerprint density at radius 2 is 0.982 bits per heavy atom. The van der Waals surface area contributed by atoms with E-state index in [2.05, 4.69) is 51.4 Å². The molecule has 57 heavy (non-hydrogen) atoms. The molecule has 9 rings (SSSR count). The summed E-state index contributed by atoms with van der Waals surface area (Å²) in [6.07, 6.45) is -1.99. The molecule has 0 bridgehead atoms. The summed E-state index contributed by atoms with van der Waals surface area (Å²) < 4.78 is 41.1. The Labute approximate surface area is 330 Å². The highest BCUT2D eigenvalue weighted by Gasteiger charge is 2.53. The second-order valence-corrected chi connectivity index (χ2v) is 14.1. The maximum atomic E-state index is 17.9. The summed E-state index contributed by atoms with van der Waals surface area (Å²) in [5, 5.41) is 0. The SMILES string of the molecule is Nc1ncc2ncn([C@@H]3O[C@H](COC(c4ccccc4)(c4ccccc4)c4ccccc4)[C@@H](OC(c4ccccc4)(c4ccccc4)c4ccccc4)[C@H]3F)c2n1. The normalized spacial score (nSPS) is 18.5. The lowest BCUT2D eigenvalue weighted by molar-refractivity contribution is -0.128. The molecule has 1 aliphatic heterocycles. The number of nitrogen functional groups attached to an aromatic ring is 1. The number of alkyl halides is 1. The summed E-state index contributed by atoms with van der Waals surface area (Å²) in [6.45, 7) is -0.0571. The highest BCUT2D eigenvalue weighted by atomic mass is 19.1. The van der Waals surface area contributed by atoms with Crippen LogP contribution in [0.25, 0.3) is 11.2 Å². The molecule has 8 aromatic rings. The lowest BCUT2D eigenvalue weighted by atomic mass is 9.79. The van der Waals surface area contributed by atoms with Gasteiger partial charge < -0.3 is 19.9 Å². The first-order chi connectivity index (χ1) is 28.1. The summed E-state index contributed by atoms with van der Waals surface area (Å²) in [5.74, 6) is 0.0416. The monoisotopic (exact) mass is 753 g/mol. The maximum absolute atomic E-state index is 17.9. The highest BCUT2D eigenvalue weighted by Crippen LogP contribution is 2.47. The van der Waals surface area contributed by atoms with Crippen molar-refractivity contribution in [3.63, 3.8) is 0 Å². The molecule has 0 unspecified atom stereocenters. The van der Waals surface area contributed by atoms with Gasteiger partial charge in [0.05, 0.1) is 19.1 Å². The first-order valence-corrected chi connectivity index (χ1v) is 19.0. The van der Waals surface area contributed by atoms with Crippen molar-refractivity contribution in [2.45, 2.75) is 35.8 Å². The highest BCUT2D eigenvalue weighted by molar-refractivity contribution is 5.70. The summed E-state index contributed by atoms with van der Waals surface area (Å²) in [6, 6.07) is 60.0. The zero-order valence-electron chi connectivity index (χ0n) is 31.0. The number of halogens is 1. The van der Waals surface area contributed by atoms with Gasteiger partial charge >= 0.3 is 0 Å². The van der Waals surface area contributed by atoms with E-state index in [9.17, 15) is 0 Å². The zero-order chi connectivity index (χ0) is 38.7. The molecule has 1 fully saturated rings.